The standard InChI is InChI=1S/Ag.2FH.Mo.2O/h;2*1H;;;/q;;;+2;;/p-2. The zero-order valence-corrected chi connectivity index (χ0v) is 5.77. The van der Waals surface area contributed by atoms with Crippen LogP contribution in [0.3, 0.4) is 0 Å². The molecule has 0 aromatic carbocycles. The molecule has 0 atom stereocenters. The fourth-order valence-electron chi connectivity index (χ4n) is 0. The molecule has 2 nitrogen and oxygen atoms in total. The molecule has 0 fully saturated rings. The maximum absolute atomic E-state index is 10.1. The Morgan fingerprint density at radius 3 is 1.17 bits per heavy atom. The van der Waals surface area contributed by atoms with Gasteiger partial charge in [-0.2, -0.15) is 0 Å². The van der Waals surface area contributed by atoms with E-state index in [9.17, 15) is 6.32 Å². The van der Waals surface area contributed by atoms with Gasteiger partial charge in [-0.1, -0.05) is 0 Å². The minimum atomic E-state index is -6.52. The summed E-state index contributed by atoms with van der Waals surface area (Å²) in [4.78, 5) is 0. The average Bonchev–Trinajstić information content (AvgIpc) is 0.722. The molecule has 0 rings (SSSR count). The van der Waals surface area contributed by atoms with Crippen LogP contribution in [0.25, 0.3) is 0 Å². The van der Waals surface area contributed by atoms with E-state index in [2.05, 4.69) is 0 Å². The summed E-state index contributed by atoms with van der Waals surface area (Å²) in [5.74, 6) is 0. The van der Waals surface area contributed by atoms with Crippen LogP contribution in [0.5, 0.6) is 0 Å². The Balaban J connectivity index is 0. The van der Waals surface area contributed by atoms with E-state index in [0.717, 1.165) is 0 Å². The van der Waals surface area contributed by atoms with E-state index in [1.165, 1.54) is 0 Å². The van der Waals surface area contributed by atoms with E-state index >= 15 is 0 Å². The number of hydrogen-bond acceptors (Lipinski definition) is 2. The van der Waals surface area contributed by atoms with Crippen molar-refractivity contribution < 1.29 is 52.5 Å². The Hall–Kier alpha value is 0.889. The summed E-state index contributed by atoms with van der Waals surface area (Å²) in [5, 5.41) is 0. The Bertz CT molecular complexity index is 94.7. The second kappa shape index (κ2) is 2.97. The van der Waals surface area contributed by atoms with Crippen LogP contribution in [0.1, 0.15) is 0 Å². The SMILES string of the molecule is [Ag].[O]=[Mo](=[O])([F])[F]. The molecule has 0 bridgehead atoms. The summed E-state index contributed by atoms with van der Waals surface area (Å²) < 4.78 is 37.0. The monoisotopic (exact) mass is 275 g/mol. The molecule has 0 spiro atoms. The van der Waals surface area contributed by atoms with Crippen molar-refractivity contribution in [2.75, 3.05) is 0 Å². The van der Waals surface area contributed by atoms with Crippen LogP contribution in [-0.2, 0) is 46.2 Å². The van der Waals surface area contributed by atoms with Gasteiger partial charge >= 0.3 is 30.1 Å². The summed E-state index contributed by atoms with van der Waals surface area (Å²) in [6.07, 6.45) is 0. The van der Waals surface area contributed by atoms with Gasteiger partial charge < -0.3 is 0 Å². The fraction of sp³-hybridized carbons (Fsp3) is 0. The van der Waals surface area contributed by atoms with Gasteiger partial charge in [-0.25, -0.2) is 0 Å². The third-order valence-electron chi connectivity index (χ3n) is 0. The quantitative estimate of drug-likeness (QED) is 0.606. The molecule has 43 valence electrons. The first-order chi connectivity index (χ1) is 2.00. The second-order valence-corrected chi connectivity index (χ2v) is 2.24. The van der Waals surface area contributed by atoms with Crippen molar-refractivity contribution in [3.05, 3.63) is 0 Å². The van der Waals surface area contributed by atoms with E-state index in [-0.39, 0.29) is 22.4 Å². The first kappa shape index (κ1) is 10.00. The molecule has 0 unspecified atom stereocenters. The molecule has 0 aromatic heterocycles. The van der Waals surface area contributed by atoms with Gasteiger partial charge in [-0.3, -0.25) is 0 Å². The topological polar surface area (TPSA) is 34.1 Å². The predicted molar refractivity (Wildman–Crippen MR) is 3.59 cm³/mol. The van der Waals surface area contributed by atoms with Crippen LogP contribution in [0.4, 0.5) is 6.32 Å². The molecular formula is AgF2MoO2. The van der Waals surface area contributed by atoms with Gasteiger partial charge in [0, 0.05) is 22.4 Å². The van der Waals surface area contributed by atoms with Crippen molar-refractivity contribution in [2.24, 2.45) is 0 Å². The third kappa shape index (κ3) is 93.6. The van der Waals surface area contributed by atoms with Gasteiger partial charge in [0.2, 0.25) is 0 Å². The van der Waals surface area contributed by atoms with Gasteiger partial charge in [-0.15, -0.1) is 0 Å². The van der Waals surface area contributed by atoms with Gasteiger partial charge in [0.1, 0.15) is 0 Å². The van der Waals surface area contributed by atoms with Crippen LogP contribution in [0.15, 0.2) is 0 Å². The Morgan fingerprint density at radius 1 is 1.17 bits per heavy atom. The van der Waals surface area contributed by atoms with Crippen LogP contribution < -0.4 is 0 Å². The maximum atomic E-state index is 10.1. The van der Waals surface area contributed by atoms with Crippen molar-refractivity contribution in [1.29, 1.82) is 0 Å². The van der Waals surface area contributed by atoms with E-state index in [1.807, 2.05) is 0 Å². The third-order valence-corrected chi connectivity index (χ3v) is 0. The van der Waals surface area contributed by atoms with Crippen molar-refractivity contribution in [3.8, 4) is 0 Å². The molecule has 0 N–H and O–H groups in total. The van der Waals surface area contributed by atoms with Crippen LogP contribution >= 0.6 is 0 Å². The van der Waals surface area contributed by atoms with Crippen LogP contribution in [-0.4, -0.2) is 0 Å². The summed E-state index contributed by atoms with van der Waals surface area (Å²) >= 11 is -6.52. The minimum absolute atomic E-state index is 0. The zero-order chi connectivity index (χ0) is 4.50. The molecule has 0 saturated carbocycles. The van der Waals surface area contributed by atoms with Gasteiger partial charge in [0.25, 0.3) is 0 Å². The molecule has 0 amide bonds. The van der Waals surface area contributed by atoms with Crippen LogP contribution in [0, 0.1) is 0 Å². The molecule has 0 aliphatic carbocycles. The van der Waals surface area contributed by atoms with Crippen molar-refractivity contribution >= 4 is 0 Å². The second-order valence-electron chi connectivity index (χ2n) is 0.378. The summed E-state index contributed by atoms with van der Waals surface area (Å²) in [6, 6.07) is 0. The Kier molecular flexibility index (Phi) is 4.94. The Labute approximate surface area is 52.5 Å². The molecule has 0 aromatic rings. The fourth-order valence-corrected chi connectivity index (χ4v) is 0. The van der Waals surface area contributed by atoms with Gasteiger partial charge in [-0.05, 0) is 0 Å². The van der Waals surface area contributed by atoms with E-state index in [0.29, 0.717) is 0 Å². The number of halogens is 2. The normalized spacial score (nSPS) is 9.67. The van der Waals surface area contributed by atoms with Crippen molar-refractivity contribution in [1.82, 2.24) is 0 Å². The molecule has 0 saturated heterocycles. The van der Waals surface area contributed by atoms with E-state index in [1.54, 1.807) is 0 Å². The molecule has 0 aliphatic rings. The summed E-state index contributed by atoms with van der Waals surface area (Å²) in [6.45, 7) is 0. The number of rotatable bonds is 0. The molecule has 6 heteroatoms. The van der Waals surface area contributed by atoms with Crippen LogP contribution in [0.2, 0.25) is 0 Å². The zero-order valence-electron chi connectivity index (χ0n) is 2.28. The molecule has 0 heterocycles. The average molecular weight is 274 g/mol. The number of hydrogen-bond donors (Lipinski definition) is 0. The van der Waals surface area contributed by atoms with Crippen molar-refractivity contribution in [2.45, 2.75) is 0 Å². The first-order valence-electron chi connectivity index (χ1n) is 0.642. The van der Waals surface area contributed by atoms with Gasteiger partial charge in [0.15, 0.2) is 0 Å². The summed E-state index contributed by atoms with van der Waals surface area (Å²) in [7, 11) is 0. The predicted octanol–water partition coefficient (Wildman–Crippen LogP) is 0.598. The first-order valence-corrected chi connectivity index (χ1v) is 3.80. The summed E-state index contributed by atoms with van der Waals surface area (Å²) in [5.41, 5.74) is 0. The van der Waals surface area contributed by atoms with E-state index in [4.69, 9.17) is 6.80 Å². The molecule has 0 aliphatic heterocycles. The molecule has 6 heavy (non-hydrogen) atoms. The Morgan fingerprint density at radius 2 is 1.17 bits per heavy atom. The van der Waals surface area contributed by atoms with Gasteiger partial charge in [0.05, 0.1) is 0 Å². The van der Waals surface area contributed by atoms with Crippen molar-refractivity contribution in [3.63, 3.8) is 0 Å². The van der Waals surface area contributed by atoms with E-state index < -0.39 is 17.0 Å². The molecule has 1 radical (unpaired) electrons. The molecular weight excluding hydrogens is 274 g/mol.